The number of aromatic hydroxyl groups is 1. The number of hydrogen-bond donors (Lipinski definition) is 2. The number of carbonyl (C=O) groups excluding carboxylic acids is 1. The van der Waals surface area contributed by atoms with Crippen molar-refractivity contribution >= 4 is 22.7 Å². The number of carboxylic acids is 1. The van der Waals surface area contributed by atoms with Gasteiger partial charge in [0.05, 0.1) is 17.5 Å². The van der Waals surface area contributed by atoms with Crippen molar-refractivity contribution in [3.63, 3.8) is 0 Å². The molecule has 2 N–H and O–H groups in total. The fourth-order valence-corrected chi connectivity index (χ4v) is 3.17. The number of fused-ring (bicyclic) bond motifs is 1. The Hall–Kier alpha value is -4.13. The van der Waals surface area contributed by atoms with Crippen LogP contribution in [0.1, 0.15) is 31.8 Å². The number of carboxylic acid groups (broad SMARTS) is 1. The third kappa shape index (κ3) is 4.15. The number of ether oxygens (including phenoxy) is 1. The lowest BCUT2D eigenvalue weighted by atomic mass is 9.98. The first-order chi connectivity index (χ1) is 14.5. The van der Waals surface area contributed by atoms with Crippen LogP contribution in [0.15, 0.2) is 73.3 Å². The number of phenolic OH excluding ortho intramolecular Hbond substituents is 1. The minimum absolute atomic E-state index is 0.0734. The molecule has 150 valence electrons. The van der Waals surface area contributed by atoms with Gasteiger partial charge in [-0.05, 0) is 58.3 Å². The number of rotatable bonds is 6. The fraction of sp³-hybridized carbons (Fsp3) is 0.0870. The topological polar surface area (TPSA) is 102 Å². The van der Waals surface area contributed by atoms with Crippen molar-refractivity contribution in [3.05, 3.63) is 95.6 Å². The highest BCUT2D eigenvalue weighted by atomic mass is 16.5. The van der Waals surface area contributed by atoms with Crippen LogP contribution in [0.2, 0.25) is 0 Å². The van der Waals surface area contributed by atoms with Crippen molar-refractivity contribution in [2.24, 2.45) is 0 Å². The summed E-state index contributed by atoms with van der Waals surface area (Å²) in [5.74, 6) is -1.30. The molecule has 0 amide bonds. The number of aromatic nitrogens is 2. The lowest BCUT2D eigenvalue weighted by Gasteiger charge is -2.10. The number of hydrogen-bond acceptors (Lipinski definition) is 5. The SMILES string of the molecule is O=C(O)c1ccc(Cc2cc3cc(C(=O)OCn4ccnc4)ccc3cc2O)cc1. The predicted molar refractivity (Wildman–Crippen MR) is 109 cm³/mol. The number of esters is 1. The molecule has 4 rings (SSSR count). The number of nitrogens with zero attached hydrogens (tertiary/aromatic N) is 2. The molecule has 0 atom stereocenters. The normalized spacial score (nSPS) is 10.8. The van der Waals surface area contributed by atoms with Crippen molar-refractivity contribution in [2.75, 3.05) is 0 Å². The summed E-state index contributed by atoms with van der Waals surface area (Å²) in [5, 5.41) is 21.0. The number of imidazole rings is 1. The van der Waals surface area contributed by atoms with Crippen LogP contribution in [0.4, 0.5) is 0 Å². The van der Waals surface area contributed by atoms with E-state index >= 15 is 0 Å². The summed E-state index contributed by atoms with van der Waals surface area (Å²) >= 11 is 0. The molecule has 0 saturated carbocycles. The van der Waals surface area contributed by atoms with Crippen molar-refractivity contribution in [1.82, 2.24) is 9.55 Å². The molecule has 0 aliphatic carbocycles. The first-order valence-electron chi connectivity index (χ1n) is 9.20. The first-order valence-corrected chi connectivity index (χ1v) is 9.20. The van der Waals surface area contributed by atoms with Crippen molar-refractivity contribution < 1.29 is 24.5 Å². The molecule has 7 heteroatoms. The highest BCUT2D eigenvalue weighted by Gasteiger charge is 2.11. The molecule has 3 aromatic carbocycles. The monoisotopic (exact) mass is 402 g/mol. The van der Waals surface area contributed by atoms with Gasteiger partial charge >= 0.3 is 11.9 Å². The van der Waals surface area contributed by atoms with Gasteiger partial charge in [-0.1, -0.05) is 18.2 Å². The third-order valence-electron chi connectivity index (χ3n) is 4.77. The zero-order valence-corrected chi connectivity index (χ0v) is 15.9. The van der Waals surface area contributed by atoms with E-state index in [1.807, 2.05) is 6.07 Å². The average Bonchev–Trinajstić information content (AvgIpc) is 3.26. The molecule has 0 fully saturated rings. The number of benzene rings is 3. The zero-order chi connectivity index (χ0) is 21.1. The van der Waals surface area contributed by atoms with E-state index in [9.17, 15) is 14.7 Å². The van der Waals surface area contributed by atoms with Crippen LogP contribution >= 0.6 is 0 Å². The number of carbonyl (C=O) groups is 2. The van der Waals surface area contributed by atoms with E-state index in [4.69, 9.17) is 9.84 Å². The predicted octanol–water partition coefficient (Wildman–Crippen LogP) is 3.85. The van der Waals surface area contributed by atoms with Crippen molar-refractivity contribution in [3.8, 4) is 5.75 Å². The standard InChI is InChI=1S/C23H18N2O5/c26-21-12-17-5-6-18(23(29)30-14-25-8-7-24-13-25)10-19(17)11-20(21)9-15-1-3-16(4-2-15)22(27)28/h1-8,10-13,26H,9,14H2,(H,27,28). The van der Waals surface area contributed by atoms with Crippen LogP contribution in [0.5, 0.6) is 5.75 Å². The maximum atomic E-state index is 12.4. The van der Waals surface area contributed by atoms with Gasteiger partial charge in [0.25, 0.3) is 0 Å². The van der Waals surface area contributed by atoms with E-state index in [0.717, 1.165) is 16.3 Å². The average molecular weight is 402 g/mol. The smallest absolute Gasteiger partial charge is 0.339 e. The van der Waals surface area contributed by atoms with E-state index in [-0.39, 0.29) is 18.0 Å². The summed E-state index contributed by atoms with van der Waals surface area (Å²) < 4.78 is 6.93. The zero-order valence-electron chi connectivity index (χ0n) is 15.9. The van der Waals surface area contributed by atoms with Crippen molar-refractivity contribution in [2.45, 2.75) is 13.2 Å². The van der Waals surface area contributed by atoms with Gasteiger partial charge in [-0.25, -0.2) is 14.6 Å². The summed E-state index contributed by atoms with van der Waals surface area (Å²) in [6, 6.07) is 15.1. The van der Waals surface area contributed by atoms with Crippen LogP contribution in [0.25, 0.3) is 10.8 Å². The summed E-state index contributed by atoms with van der Waals surface area (Å²) in [7, 11) is 0. The Morgan fingerprint density at radius 3 is 2.43 bits per heavy atom. The van der Waals surface area contributed by atoms with Gasteiger partial charge in [0.1, 0.15) is 5.75 Å². The highest BCUT2D eigenvalue weighted by molar-refractivity contribution is 5.96. The van der Waals surface area contributed by atoms with E-state index in [1.54, 1.807) is 59.7 Å². The van der Waals surface area contributed by atoms with Crippen LogP contribution in [-0.4, -0.2) is 31.7 Å². The van der Waals surface area contributed by atoms with E-state index < -0.39 is 11.9 Å². The summed E-state index contributed by atoms with van der Waals surface area (Å²) in [6.07, 6.45) is 5.29. The molecule has 0 radical (unpaired) electrons. The maximum Gasteiger partial charge on any atom is 0.339 e. The molecule has 4 aromatic rings. The molecular formula is C23H18N2O5. The van der Waals surface area contributed by atoms with E-state index in [1.165, 1.54) is 12.1 Å². The van der Waals surface area contributed by atoms with Gasteiger partial charge in [-0.2, -0.15) is 0 Å². The van der Waals surface area contributed by atoms with Gasteiger partial charge < -0.3 is 19.5 Å². The summed E-state index contributed by atoms with van der Waals surface area (Å²) in [4.78, 5) is 27.2. The van der Waals surface area contributed by atoms with Gasteiger partial charge in [-0.15, -0.1) is 0 Å². The van der Waals surface area contributed by atoms with Gasteiger partial charge in [0.15, 0.2) is 6.73 Å². The molecule has 0 bridgehead atoms. The minimum Gasteiger partial charge on any atom is -0.508 e. The second-order valence-corrected chi connectivity index (χ2v) is 6.86. The second-order valence-electron chi connectivity index (χ2n) is 6.86. The summed E-state index contributed by atoms with van der Waals surface area (Å²) in [5.41, 5.74) is 2.16. The quantitative estimate of drug-likeness (QED) is 0.475. The van der Waals surface area contributed by atoms with Crippen molar-refractivity contribution in [1.29, 1.82) is 0 Å². The minimum atomic E-state index is -0.984. The molecule has 0 spiro atoms. The van der Waals surface area contributed by atoms with E-state index in [2.05, 4.69) is 4.98 Å². The Kier molecular flexibility index (Phi) is 5.17. The molecule has 1 heterocycles. The highest BCUT2D eigenvalue weighted by Crippen LogP contribution is 2.28. The third-order valence-corrected chi connectivity index (χ3v) is 4.77. The van der Waals surface area contributed by atoms with Gasteiger partial charge in [0.2, 0.25) is 0 Å². The molecule has 1 aromatic heterocycles. The molecular weight excluding hydrogens is 384 g/mol. The van der Waals surface area contributed by atoms with Crippen LogP contribution in [0, 0.1) is 0 Å². The molecule has 7 nitrogen and oxygen atoms in total. The van der Waals surface area contributed by atoms with Gasteiger partial charge in [0, 0.05) is 18.8 Å². The molecule has 30 heavy (non-hydrogen) atoms. The Morgan fingerprint density at radius 2 is 1.73 bits per heavy atom. The van der Waals surface area contributed by atoms with Crippen LogP contribution in [-0.2, 0) is 17.9 Å². The largest absolute Gasteiger partial charge is 0.508 e. The summed E-state index contributed by atoms with van der Waals surface area (Å²) in [6.45, 7) is 0.0734. The Bertz CT molecular complexity index is 1210. The number of aromatic carboxylic acids is 1. The molecule has 0 saturated heterocycles. The first kappa shape index (κ1) is 19.2. The van der Waals surface area contributed by atoms with Crippen LogP contribution < -0.4 is 0 Å². The maximum absolute atomic E-state index is 12.4. The molecule has 0 aliphatic heterocycles. The lowest BCUT2D eigenvalue weighted by Crippen LogP contribution is -2.08. The van der Waals surface area contributed by atoms with E-state index in [0.29, 0.717) is 17.5 Å². The van der Waals surface area contributed by atoms with Gasteiger partial charge in [-0.3, -0.25) is 0 Å². The lowest BCUT2D eigenvalue weighted by molar-refractivity contribution is 0.0372. The molecule has 0 unspecified atom stereocenters. The van der Waals surface area contributed by atoms with Crippen LogP contribution in [0.3, 0.4) is 0 Å². The Morgan fingerprint density at radius 1 is 0.967 bits per heavy atom. The Balaban J connectivity index is 1.56. The molecule has 0 aliphatic rings. The fourth-order valence-electron chi connectivity index (χ4n) is 3.17. The second kappa shape index (κ2) is 8.08. The number of phenols is 1. The Labute approximate surface area is 171 Å².